The Morgan fingerprint density at radius 1 is 1.14 bits per heavy atom. The number of carbonyl (C=O) groups excluding carboxylic acids is 1. The van der Waals surface area contributed by atoms with Crippen LogP contribution in [0.5, 0.6) is 11.5 Å². The quantitative estimate of drug-likeness (QED) is 0.524. The fourth-order valence-electron chi connectivity index (χ4n) is 2.99. The van der Waals surface area contributed by atoms with E-state index in [0.29, 0.717) is 41.9 Å². The van der Waals surface area contributed by atoms with Gasteiger partial charge < -0.3 is 19.3 Å². The van der Waals surface area contributed by atoms with Crippen LogP contribution in [0.25, 0.3) is 21.9 Å². The fraction of sp³-hybridized carbons (Fsp3) is 0.150. The largest absolute Gasteiger partial charge is 0.486 e. The van der Waals surface area contributed by atoms with Crippen LogP contribution in [0, 0.1) is 0 Å². The number of ether oxygens (including phenoxy) is 2. The molecule has 0 saturated carbocycles. The van der Waals surface area contributed by atoms with Gasteiger partial charge in [0.2, 0.25) is 0 Å². The maximum absolute atomic E-state index is 12.4. The SMILES string of the molecule is O=C(NCc1cc(-c2ccc3c(c2)OCCO3)on1)c1cc(-c2cccs2)[nH]n1. The Morgan fingerprint density at radius 3 is 2.90 bits per heavy atom. The predicted octanol–water partition coefficient (Wildman–Crippen LogP) is 3.49. The van der Waals surface area contributed by atoms with Crippen molar-refractivity contribution in [2.45, 2.75) is 6.54 Å². The molecule has 8 nitrogen and oxygen atoms in total. The van der Waals surface area contributed by atoms with Crippen LogP contribution in [-0.2, 0) is 6.54 Å². The van der Waals surface area contributed by atoms with Gasteiger partial charge >= 0.3 is 0 Å². The number of aromatic nitrogens is 3. The van der Waals surface area contributed by atoms with E-state index in [-0.39, 0.29) is 12.5 Å². The molecule has 0 saturated heterocycles. The molecule has 29 heavy (non-hydrogen) atoms. The summed E-state index contributed by atoms with van der Waals surface area (Å²) in [7, 11) is 0. The highest BCUT2D eigenvalue weighted by Gasteiger charge is 2.16. The van der Waals surface area contributed by atoms with E-state index in [1.807, 2.05) is 35.7 Å². The van der Waals surface area contributed by atoms with Crippen LogP contribution < -0.4 is 14.8 Å². The number of rotatable bonds is 5. The molecule has 1 amide bonds. The Hall–Kier alpha value is -3.59. The number of nitrogens with one attached hydrogen (secondary N) is 2. The van der Waals surface area contributed by atoms with E-state index in [2.05, 4.69) is 20.7 Å². The number of hydrogen-bond donors (Lipinski definition) is 2. The van der Waals surface area contributed by atoms with Gasteiger partial charge in [0.25, 0.3) is 5.91 Å². The van der Waals surface area contributed by atoms with Gasteiger partial charge in [-0.15, -0.1) is 11.3 Å². The van der Waals surface area contributed by atoms with Crippen molar-refractivity contribution in [2.75, 3.05) is 13.2 Å². The van der Waals surface area contributed by atoms with E-state index in [4.69, 9.17) is 14.0 Å². The van der Waals surface area contributed by atoms with Gasteiger partial charge in [-0.05, 0) is 35.7 Å². The molecule has 0 aliphatic carbocycles. The number of hydrogen-bond acceptors (Lipinski definition) is 7. The van der Waals surface area contributed by atoms with E-state index in [1.165, 1.54) is 0 Å². The minimum atomic E-state index is -0.284. The van der Waals surface area contributed by atoms with E-state index in [9.17, 15) is 4.79 Å². The highest BCUT2D eigenvalue weighted by molar-refractivity contribution is 7.13. The molecule has 4 aromatic rings. The first-order chi connectivity index (χ1) is 14.3. The van der Waals surface area contributed by atoms with Crippen LogP contribution in [0.3, 0.4) is 0 Å². The van der Waals surface area contributed by atoms with E-state index in [1.54, 1.807) is 23.5 Å². The summed E-state index contributed by atoms with van der Waals surface area (Å²) in [4.78, 5) is 13.4. The zero-order valence-corrected chi connectivity index (χ0v) is 16.0. The second-order valence-corrected chi connectivity index (χ2v) is 7.32. The molecule has 1 aliphatic rings. The lowest BCUT2D eigenvalue weighted by Crippen LogP contribution is -2.23. The van der Waals surface area contributed by atoms with Gasteiger partial charge in [0.05, 0.1) is 17.1 Å². The van der Waals surface area contributed by atoms with E-state index in [0.717, 1.165) is 16.1 Å². The highest BCUT2D eigenvalue weighted by atomic mass is 32.1. The molecule has 0 radical (unpaired) electrons. The van der Waals surface area contributed by atoms with Gasteiger partial charge in [-0.25, -0.2) is 0 Å². The summed E-state index contributed by atoms with van der Waals surface area (Å²) >= 11 is 1.58. The summed E-state index contributed by atoms with van der Waals surface area (Å²) in [5, 5.41) is 15.8. The van der Waals surface area contributed by atoms with E-state index < -0.39 is 0 Å². The molecule has 3 aromatic heterocycles. The normalized spacial score (nSPS) is 12.7. The minimum absolute atomic E-state index is 0.230. The summed E-state index contributed by atoms with van der Waals surface area (Å²) in [6.07, 6.45) is 0. The molecule has 0 fully saturated rings. The van der Waals surface area contributed by atoms with Crippen LogP contribution in [-0.4, -0.2) is 34.5 Å². The first-order valence-electron chi connectivity index (χ1n) is 8.99. The van der Waals surface area contributed by atoms with Gasteiger partial charge in [-0.3, -0.25) is 9.89 Å². The molecule has 4 heterocycles. The summed E-state index contributed by atoms with van der Waals surface area (Å²) in [6, 6.07) is 13.0. The zero-order valence-electron chi connectivity index (χ0n) is 15.2. The molecule has 0 atom stereocenters. The van der Waals surface area contributed by atoms with Crippen molar-refractivity contribution in [3.8, 4) is 33.4 Å². The van der Waals surface area contributed by atoms with Crippen molar-refractivity contribution in [3.63, 3.8) is 0 Å². The smallest absolute Gasteiger partial charge is 0.272 e. The van der Waals surface area contributed by atoms with Crippen molar-refractivity contribution < 1.29 is 18.8 Å². The van der Waals surface area contributed by atoms with Crippen LogP contribution in [0.1, 0.15) is 16.2 Å². The first kappa shape index (κ1) is 17.5. The molecule has 1 aliphatic heterocycles. The minimum Gasteiger partial charge on any atom is -0.486 e. The number of carbonyl (C=O) groups is 1. The van der Waals surface area contributed by atoms with Crippen molar-refractivity contribution in [1.82, 2.24) is 20.7 Å². The predicted molar refractivity (Wildman–Crippen MR) is 106 cm³/mol. The van der Waals surface area contributed by atoms with Gasteiger partial charge in [-0.1, -0.05) is 11.2 Å². The molecular formula is C20H16N4O4S. The number of thiophene rings is 1. The van der Waals surface area contributed by atoms with Crippen molar-refractivity contribution >= 4 is 17.2 Å². The third kappa shape index (κ3) is 3.59. The van der Waals surface area contributed by atoms with Gasteiger partial charge in [0, 0.05) is 11.6 Å². The molecule has 2 N–H and O–H groups in total. The maximum Gasteiger partial charge on any atom is 0.272 e. The number of aromatic amines is 1. The van der Waals surface area contributed by atoms with Crippen LogP contribution in [0.15, 0.2) is 52.4 Å². The third-order valence-electron chi connectivity index (χ3n) is 4.41. The highest BCUT2D eigenvalue weighted by Crippen LogP contribution is 2.34. The summed E-state index contributed by atoms with van der Waals surface area (Å²) in [5.74, 6) is 1.70. The lowest BCUT2D eigenvalue weighted by molar-refractivity contribution is 0.0945. The number of nitrogens with zero attached hydrogens (tertiary/aromatic N) is 2. The molecule has 1 aromatic carbocycles. The monoisotopic (exact) mass is 408 g/mol. The third-order valence-corrected chi connectivity index (χ3v) is 5.32. The van der Waals surface area contributed by atoms with Gasteiger partial charge in [0.15, 0.2) is 23.0 Å². The van der Waals surface area contributed by atoms with Crippen LogP contribution >= 0.6 is 11.3 Å². The summed E-state index contributed by atoms with van der Waals surface area (Å²) in [6.45, 7) is 1.29. The molecule has 146 valence electrons. The fourth-order valence-corrected chi connectivity index (χ4v) is 3.68. The Morgan fingerprint density at radius 2 is 2.03 bits per heavy atom. The molecule has 9 heteroatoms. The van der Waals surface area contributed by atoms with Crippen molar-refractivity contribution in [1.29, 1.82) is 0 Å². The number of H-pyrrole nitrogens is 1. The molecular weight excluding hydrogens is 392 g/mol. The van der Waals surface area contributed by atoms with Crippen molar-refractivity contribution in [3.05, 3.63) is 59.2 Å². The van der Waals surface area contributed by atoms with Crippen molar-refractivity contribution in [2.24, 2.45) is 0 Å². The lowest BCUT2D eigenvalue weighted by atomic mass is 10.1. The lowest BCUT2D eigenvalue weighted by Gasteiger charge is -2.18. The van der Waals surface area contributed by atoms with Gasteiger partial charge in [-0.2, -0.15) is 5.10 Å². The standard InChI is InChI=1S/C20H16N4O4S/c25-20(15-10-14(22-23-15)19-2-1-7-29-19)21-11-13-9-17(28-24-13)12-3-4-16-18(8-12)27-6-5-26-16/h1-4,7-10H,5-6,11H2,(H,21,25)(H,22,23). The molecule has 0 unspecified atom stereocenters. The number of fused-ring (bicyclic) bond motifs is 1. The number of amides is 1. The maximum atomic E-state index is 12.4. The summed E-state index contributed by atoms with van der Waals surface area (Å²) in [5.41, 5.74) is 2.57. The Labute approximate surface area is 169 Å². The first-order valence-corrected chi connectivity index (χ1v) is 9.87. The van der Waals surface area contributed by atoms with Crippen LogP contribution in [0.4, 0.5) is 0 Å². The van der Waals surface area contributed by atoms with Gasteiger partial charge in [0.1, 0.15) is 18.9 Å². The molecule has 0 bridgehead atoms. The topological polar surface area (TPSA) is 102 Å². The average Bonchev–Trinajstić information content (AvgIpc) is 3.52. The Balaban J connectivity index is 1.24. The van der Waals surface area contributed by atoms with Crippen LogP contribution in [0.2, 0.25) is 0 Å². The molecule has 0 spiro atoms. The second-order valence-electron chi connectivity index (χ2n) is 6.37. The Bertz CT molecular complexity index is 1150. The molecule has 5 rings (SSSR count). The van der Waals surface area contributed by atoms with E-state index >= 15 is 0 Å². The number of benzene rings is 1. The Kier molecular flexibility index (Phi) is 4.49. The average molecular weight is 408 g/mol. The second kappa shape index (κ2) is 7.44. The zero-order chi connectivity index (χ0) is 19.6. The summed E-state index contributed by atoms with van der Waals surface area (Å²) < 4.78 is 16.5.